The van der Waals surface area contributed by atoms with Gasteiger partial charge >= 0.3 is 0 Å². The molecule has 0 aliphatic carbocycles. The molecule has 2 aromatic heterocycles. The third-order valence-corrected chi connectivity index (χ3v) is 5.96. The summed E-state index contributed by atoms with van der Waals surface area (Å²) in [5.74, 6) is 0.229. The summed E-state index contributed by atoms with van der Waals surface area (Å²) in [5.41, 5.74) is 3.86. The molecule has 3 aromatic carbocycles. The van der Waals surface area contributed by atoms with Gasteiger partial charge in [-0.15, -0.1) is 0 Å². The molecule has 1 amide bonds. The summed E-state index contributed by atoms with van der Waals surface area (Å²) in [6.45, 7) is 0. The largest absolute Gasteiger partial charge is 0.309 e. The van der Waals surface area contributed by atoms with Crippen molar-refractivity contribution in [3.05, 3.63) is 96.7 Å². The highest BCUT2D eigenvalue weighted by atomic mass is 32.2. The molecule has 8 heteroatoms. The lowest BCUT2D eigenvalue weighted by molar-refractivity contribution is -0.113. The number of nitrogens with zero attached hydrogens (tertiary/aromatic N) is 5. The van der Waals surface area contributed by atoms with Crippen LogP contribution in [0.2, 0.25) is 0 Å². The number of benzene rings is 3. The number of nitrogens with one attached hydrogen (secondary N) is 1. The number of hydrogen-bond acceptors (Lipinski definition) is 5. The minimum atomic E-state index is -0.249. The molecule has 1 N–H and O–H groups in total. The second-order valence-corrected chi connectivity index (χ2v) is 8.10. The fourth-order valence-electron chi connectivity index (χ4n) is 3.54. The van der Waals surface area contributed by atoms with Crippen molar-refractivity contribution in [2.45, 2.75) is 5.16 Å². The van der Waals surface area contributed by atoms with E-state index in [0.29, 0.717) is 11.4 Å². The van der Waals surface area contributed by atoms with Crippen LogP contribution in [0.3, 0.4) is 0 Å². The standard InChI is InChI=1S/C25H18N6OS/c26-15-18-16-27-31(20-11-5-2-6-12-20)24(18)29-23(32)17-33-25-28-21-13-7-8-14-22(21)30(25)19-9-3-1-4-10-19/h1-14,16H,17H2,(H,29,32). The lowest BCUT2D eigenvalue weighted by atomic mass is 10.3. The Hall–Kier alpha value is -4.35. The van der Waals surface area contributed by atoms with Gasteiger partial charge in [-0.1, -0.05) is 60.3 Å². The van der Waals surface area contributed by atoms with Gasteiger partial charge in [-0.3, -0.25) is 9.36 Å². The topological polar surface area (TPSA) is 88.5 Å². The molecule has 2 heterocycles. The maximum absolute atomic E-state index is 12.9. The smallest absolute Gasteiger partial charge is 0.236 e. The molecule has 160 valence electrons. The average molecular weight is 451 g/mol. The lowest BCUT2D eigenvalue weighted by Gasteiger charge is -2.11. The monoisotopic (exact) mass is 450 g/mol. The third kappa shape index (κ3) is 4.10. The van der Waals surface area contributed by atoms with E-state index in [-0.39, 0.29) is 11.7 Å². The van der Waals surface area contributed by atoms with E-state index < -0.39 is 0 Å². The molecule has 33 heavy (non-hydrogen) atoms. The number of hydrogen-bond donors (Lipinski definition) is 1. The SMILES string of the molecule is N#Cc1cnn(-c2ccccc2)c1NC(=O)CSc1nc2ccccc2n1-c1ccccc1. The summed E-state index contributed by atoms with van der Waals surface area (Å²) in [7, 11) is 0. The van der Waals surface area contributed by atoms with Gasteiger partial charge < -0.3 is 5.32 Å². The molecule has 0 spiro atoms. The molecular formula is C25H18N6OS. The summed E-state index contributed by atoms with van der Waals surface area (Å²) in [5, 5.41) is 17.3. The molecule has 0 saturated carbocycles. The van der Waals surface area contributed by atoms with Crippen molar-refractivity contribution in [1.82, 2.24) is 19.3 Å². The zero-order chi connectivity index (χ0) is 22.6. The molecule has 7 nitrogen and oxygen atoms in total. The van der Waals surface area contributed by atoms with Crippen LogP contribution in [-0.2, 0) is 4.79 Å². The van der Waals surface area contributed by atoms with Crippen LogP contribution in [0.4, 0.5) is 5.82 Å². The summed E-state index contributed by atoms with van der Waals surface area (Å²) >= 11 is 1.34. The van der Waals surface area contributed by atoms with Crippen LogP contribution in [0, 0.1) is 11.3 Å². The van der Waals surface area contributed by atoms with Crippen LogP contribution >= 0.6 is 11.8 Å². The second kappa shape index (κ2) is 9.02. The van der Waals surface area contributed by atoms with Gasteiger partial charge in [0.1, 0.15) is 11.6 Å². The number of carbonyl (C=O) groups excluding carboxylic acids is 1. The Labute approximate surface area is 194 Å². The number of amides is 1. The van der Waals surface area contributed by atoms with Gasteiger partial charge in [0.25, 0.3) is 0 Å². The maximum Gasteiger partial charge on any atom is 0.236 e. The van der Waals surface area contributed by atoms with E-state index in [1.54, 1.807) is 4.68 Å². The highest BCUT2D eigenvalue weighted by Crippen LogP contribution is 2.28. The van der Waals surface area contributed by atoms with Crippen molar-refractivity contribution in [1.29, 1.82) is 5.26 Å². The molecule has 0 bridgehead atoms. The number of carbonyl (C=O) groups is 1. The third-order valence-electron chi connectivity index (χ3n) is 5.03. The number of thioether (sulfide) groups is 1. The quantitative estimate of drug-likeness (QED) is 0.375. The first kappa shape index (κ1) is 20.5. The average Bonchev–Trinajstić information content (AvgIpc) is 3.44. The van der Waals surface area contributed by atoms with Gasteiger partial charge in [-0.05, 0) is 36.4 Å². The first-order chi connectivity index (χ1) is 16.2. The van der Waals surface area contributed by atoms with Crippen LogP contribution in [0.5, 0.6) is 0 Å². The molecule has 0 aliphatic rings. The lowest BCUT2D eigenvalue weighted by Crippen LogP contribution is -2.18. The second-order valence-electron chi connectivity index (χ2n) is 7.16. The van der Waals surface area contributed by atoms with E-state index >= 15 is 0 Å². The Morgan fingerprint density at radius 3 is 2.33 bits per heavy atom. The molecule has 5 aromatic rings. The highest BCUT2D eigenvalue weighted by Gasteiger charge is 2.18. The molecule has 0 unspecified atom stereocenters. The van der Waals surface area contributed by atoms with E-state index in [1.807, 2.05) is 89.5 Å². The minimum absolute atomic E-state index is 0.126. The molecule has 0 radical (unpaired) electrons. The summed E-state index contributed by atoms with van der Waals surface area (Å²) in [6, 6.07) is 29.3. The number of aromatic nitrogens is 4. The van der Waals surface area contributed by atoms with Crippen molar-refractivity contribution in [3.8, 4) is 17.4 Å². The first-order valence-electron chi connectivity index (χ1n) is 10.2. The van der Waals surface area contributed by atoms with E-state index in [4.69, 9.17) is 4.98 Å². The Bertz CT molecular complexity index is 1470. The zero-order valence-corrected chi connectivity index (χ0v) is 18.2. The van der Waals surface area contributed by atoms with Crippen molar-refractivity contribution in [3.63, 3.8) is 0 Å². The number of para-hydroxylation sites is 4. The maximum atomic E-state index is 12.9. The number of anilines is 1. The van der Waals surface area contributed by atoms with Gasteiger partial charge in [0.2, 0.25) is 5.91 Å². The summed E-state index contributed by atoms with van der Waals surface area (Å²) in [4.78, 5) is 17.6. The van der Waals surface area contributed by atoms with Crippen LogP contribution in [0.15, 0.2) is 96.3 Å². The molecule has 5 rings (SSSR count). The highest BCUT2D eigenvalue weighted by molar-refractivity contribution is 7.99. The van der Waals surface area contributed by atoms with Gasteiger partial charge in [-0.2, -0.15) is 10.4 Å². The van der Waals surface area contributed by atoms with E-state index in [1.165, 1.54) is 18.0 Å². The molecule has 0 fully saturated rings. The predicted octanol–water partition coefficient (Wildman–Crippen LogP) is 4.81. The minimum Gasteiger partial charge on any atom is -0.309 e. The predicted molar refractivity (Wildman–Crippen MR) is 129 cm³/mol. The zero-order valence-electron chi connectivity index (χ0n) is 17.4. The summed E-state index contributed by atoms with van der Waals surface area (Å²) in [6.07, 6.45) is 1.45. The Morgan fingerprint density at radius 2 is 1.61 bits per heavy atom. The molecule has 0 aliphatic heterocycles. The van der Waals surface area contributed by atoms with Gasteiger partial charge in [0.15, 0.2) is 11.0 Å². The number of nitriles is 1. The Kier molecular flexibility index (Phi) is 5.62. The van der Waals surface area contributed by atoms with Crippen LogP contribution in [-0.4, -0.2) is 31.0 Å². The van der Waals surface area contributed by atoms with Crippen LogP contribution in [0.1, 0.15) is 5.56 Å². The number of rotatable bonds is 6. The van der Waals surface area contributed by atoms with Crippen molar-refractivity contribution < 1.29 is 4.79 Å². The van der Waals surface area contributed by atoms with Crippen molar-refractivity contribution in [2.75, 3.05) is 11.1 Å². The van der Waals surface area contributed by atoms with Gasteiger partial charge in [-0.25, -0.2) is 9.67 Å². The van der Waals surface area contributed by atoms with E-state index in [2.05, 4.69) is 16.5 Å². The Morgan fingerprint density at radius 1 is 0.939 bits per heavy atom. The van der Waals surface area contributed by atoms with Crippen molar-refractivity contribution >= 4 is 34.5 Å². The van der Waals surface area contributed by atoms with E-state index in [0.717, 1.165) is 27.6 Å². The fourth-order valence-corrected chi connectivity index (χ4v) is 4.37. The fraction of sp³-hybridized carbons (Fsp3) is 0.0400. The molecule has 0 saturated heterocycles. The Balaban J connectivity index is 1.40. The normalized spacial score (nSPS) is 10.8. The first-order valence-corrected chi connectivity index (χ1v) is 11.2. The van der Waals surface area contributed by atoms with Crippen LogP contribution in [0.25, 0.3) is 22.4 Å². The molecular weight excluding hydrogens is 432 g/mol. The number of imidazole rings is 1. The molecule has 0 atom stereocenters. The van der Waals surface area contributed by atoms with Gasteiger partial charge in [0, 0.05) is 5.69 Å². The number of fused-ring (bicyclic) bond motifs is 1. The van der Waals surface area contributed by atoms with Crippen molar-refractivity contribution in [2.24, 2.45) is 0 Å². The van der Waals surface area contributed by atoms with Crippen LogP contribution < -0.4 is 5.32 Å². The van der Waals surface area contributed by atoms with E-state index in [9.17, 15) is 10.1 Å². The summed E-state index contributed by atoms with van der Waals surface area (Å²) < 4.78 is 3.60. The van der Waals surface area contributed by atoms with Gasteiger partial charge in [0.05, 0.1) is 28.7 Å².